The molecule has 0 spiro atoms. The highest BCUT2D eigenvalue weighted by Crippen LogP contribution is 2.45. The van der Waals surface area contributed by atoms with Crippen LogP contribution in [-0.2, 0) is 9.53 Å². The number of esters is 1. The highest BCUT2D eigenvalue weighted by atomic mass is 16.5. The maximum Gasteiger partial charge on any atom is 0.340 e. The third kappa shape index (κ3) is 2.47. The molecule has 0 fully saturated rings. The second-order valence-corrected chi connectivity index (χ2v) is 5.34. The smallest absolute Gasteiger partial charge is 0.340 e. The van der Waals surface area contributed by atoms with Crippen LogP contribution in [0.5, 0.6) is 11.6 Å². The maximum atomic E-state index is 12.5. The van der Waals surface area contributed by atoms with Gasteiger partial charge in [-0.25, -0.2) is 4.79 Å². The van der Waals surface area contributed by atoms with Gasteiger partial charge >= 0.3 is 5.97 Å². The fraction of sp³-hybridized carbons (Fsp3) is 0.294. The second-order valence-electron chi connectivity index (χ2n) is 5.34. The van der Waals surface area contributed by atoms with Crippen molar-refractivity contribution in [2.75, 3.05) is 13.7 Å². The lowest BCUT2D eigenvalue weighted by atomic mass is 9.83. The van der Waals surface area contributed by atoms with Gasteiger partial charge in [0.05, 0.1) is 19.6 Å². The summed E-state index contributed by atoms with van der Waals surface area (Å²) in [6.07, 6.45) is 0. The Morgan fingerprint density at radius 3 is 2.88 bits per heavy atom. The topological polar surface area (TPSA) is 99.5 Å². The van der Waals surface area contributed by atoms with Crippen molar-refractivity contribution in [1.29, 1.82) is 0 Å². The van der Waals surface area contributed by atoms with Crippen molar-refractivity contribution in [1.82, 2.24) is 10.2 Å². The van der Waals surface area contributed by atoms with Gasteiger partial charge in [0, 0.05) is 16.8 Å². The first kappa shape index (κ1) is 15.9. The first-order chi connectivity index (χ1) is 11.6. The van der Waals surface area contributed by atoms with E-state index < -0.39 is 11.9 Å². The standard InChI is InChI=1S/C17H19N3O4/c1-4-23-17(21)14-13(10-7-5-6-8-11(10)22-3)12-9(2)19-20-16(12)24-15(14)18/h5-8,13H,4,18H2,1-3H3,(H,19,20)/t13-/m1/s1. The molecule has 1 atom stereocenters. The van der Waals surface area contributed by atoms with Crippen LogP contribution in [0.4, 0.5) is 0 Å². The van der Waals surface area contributed by atoms with E-state index in [1.54, 1.807) is 14.0 Å². The van der Waals surface area contributed by atoms with Crippen LogP contribution < -0.4 is 15.2 Å². The molecule has 0 amide bonds. The van der Waals surface area contributed by atoms with Crippen molar-refractivity contribution < 1.29 is 19.0 Å². The second kappa shape index (κ2) is 6.27. The molecule has 0 saturated heterocycles. The van der Waals surface area contributed by atoms with Crippen LogP contribution >= 0.6 is 0 Å². The van der Waals surface area contributed by atoms with Crippen LogP contribution in [0.15, 0.2) is 35.7 Å². The van der Waals surface area contributed by atoms with Crippen LogP contribution in [0.2, 0.25) is 0 Å². The van der Waals surface area contributed by atoms with Gasteiger partial charge in [0.15, 0.2) is 0 Å². The van der Waals surface area contributed by atoms with E-state index >= 15 is 0 Å². The Hall–Kier alpha value is -2.96. The number of fused-ring (bicyclic) bond motifs is 1. The number of aromatic nitrogens is 2. The highest BCUT2D eigenvalue weighted by Gasteiger charge is 2.39. The van der Waals surface area contributed by atoms with Gasteiger partial charge in [0.1, 0.15) is 11.3 Å². The molecule has 0 saturated carbocycles. The molecule has 24 heavy (non-hydrogen) atoms. The number of hydrogen-bond donors (Lipinski definition) is 2. The Labute approximate surface area is 139 Å². The van der Waals surface area contributed by atoms with Crippen LogP contribution in [0.1, 0.15) is 29.7 Å². The predicted molar refractivity (Wildman–Crippen MR) is 86.6 cm³/mol. The number of carbonyl (C=O) groups excluding carboxylic acids is 1. The number of hydrogen-bond acceptors (Lipinski definition) is 6. The number of rotatable bonds is 4. The van der Waals surface area contributed by atoms with E-state index in [1.165, 1.54) is 0 Å². The number of H-pyrrole nitrogens is 1. The third-order valence-electron chi connectivity index (χ3n) is 3.95. The van der Waals surface area contributed by atoms with Gasteiger partial charge in [0.2, 0.25) is 11.8 Å². The zero-order valence-electron chi connectivity index (χ0n) is 13.8. The fourth-order valence-corrected chi connectivity index (χ4v) is 2.92. The van der Waals surface area contributed by atoms with E-state index in [-0.39, 0.29) is 18.1 Å². The molecule has 1 aliphatic heterocycles. The maximum absolute atomic E-state index is 12.5. The minimum Gasteiger partial charge on any atom is -0.496 e. The molecule has 0 unspecified atom stereocenters. The largest absolute Gasteiger partial charge is 0.496 e. The molecule has 7 heteroatoms. The summed E-state index contributed by atoms with van der Waals surface area (Å²) < 4.78 is 16.2. The molecule has 2 aromatic rings. The number of aryl methyl sites for hydroxylation is 1. The van der Waals surface area contributed by atoms with E-state index in [2.05, 4.69) is 10.2 Å². The molecule has 1 aliphatic rings. The minimum atomic E-state index is -0.517. The lowest BCUT2D eigenvalue weighted by Crippen LogP contribution is -2.27. The molecule has 3 N–H and O–H groups in total. The average molecular weight is 329 g/mol. The summed E-state index contributed by atoms with van der Waals surface area (Å²) in [6, 6.07) is 7.46. The number of nitrogens with two attached hydrogens (primary N) is 1. The summed E-state index contributed by atoms with van der Waals surface area (Å²) in [5.41, 5.74) is 8.59. The first-order valence-electron chi connectivity index (χ1n) is 7.60. The fourth-order valence-electron chi connectivity index (χ4n) is 2.92. The zero-order valence-corrected chi connectivity index (χ0v) is 13.8. The number of para-hydroxylation sites is 1. The van der Waals surface area contributed by atoms with Crippen LogP contribution in [0, 0.1) is 6.92 Å². The number of carbonyl (C=O) groups is 1. The molecular formula is C17H19N3O4. The first-order valence-corrected chi connectivity index (χ1v) is 7.60. The van der Waals surface area contributed by atoms with Crippen LogP contribution in [-0.4, -0.2) is 29.9 Å². The van der Waals surface area contributed by atoms with Gasteiger partial charge in [-0.2, -0.15) is 0 Å². The van der Waals surface area contributed by atoms with Crippen molar-refractivity contribution >= 4 is 5.97 Å². The van der Waals surface area contributed by atoms with Crippen LogP contribution in [0.25, 0.3) is 0 Å². The molecule has 126 valence electrons. The van der Waals surface area contributed by atoms with E-state index in [0.29, 0.717) is 11.6 Å². The molecule has 2 heterocycles. The molecule has 0 bridgehead atoms. The van der Waals surface area contributed by atoms with E-state index in [4.69, 9.17) is 19.9 Å². The zero-order chi connectivity index (χ0) is 17.3. The number of nitrogens with one attached hydrogen (secondary N) is 1. The third-order valence-corrected chi connectivity index (χ3v) is 3.95. The molecule has 1 aromatic heterocycles. The van der Waals surface area contributed by atoms with Gasteiger partial charge in [-0.15, -0.1) is 5.10 Å². The predicted octanol–water partition coefficient (Wildman–Crippen LogP) is 1.98. The van der Waals surface area contributed by atoms with E-state index in [1.807, 2.05) is 31.2 Å². The van der Waals surface area contributed by atoms with Gasteiger partial charge in [-0.05, 0) is 19.9 Å². The summed E-state index contributed by atoms with van der Waals surface area (Å²) in [4.78, 5) is 12.5. The summed E-state index contributed by atoms with van der Waals surface area (Å²) in [7, 11) is 1.58. The molecular weight excluding hydrogens is 310 g/mol. The van der Waals surface area contributed by atoms with E-state index in [0.717, 1.165) is 16.8 Å². The lowest BCUT2D eigenvalue weighted by molar-refractivity contribution is -0.139. The van der Waals surface area contributed by atoms with Crippen molar-refractivity contribution in [3.63, 3.8) is 0 Å². The Morgan fingerprint density at radius 1 is 1.42 bits per heavy atom. The van der Waals surface area contributed by atoms with Gasteiger partial charge in [-0.3, -0.25) is 5.10 Å². The Kier molecular flexibility index (Phi) is 4.16. The highest BCUT2D eigenvalue weighted by molar-refractivity contribution is 5.93. The quantitative estimate of drug-likeness (QED) is 0.832. The average Bonchev–Trinajstić information content (AvgIpc) is 2.94. The van der Waals surface area contributed by atoms with Crippen molar-refractivity contribution in [2.24, 2.45) is 5.73 Å². The van der Waals surface area contributed by atoms with Crippen molar-refractivity contribution in [3.05, 3.63) is 52.5 Å². The molecule has 0 radical (unpaired) electrons. The summed E-state index contributed by atoms with van der Waals surface area (Å²) in [6.45, 7) is 3.85. The summed E-state index contributed by atoms with van der Waals surface area (Å²) in [5, 5.41) is 7.00. The Morgan fingerprint density at radius 2 is 2.17 bits per heavy atom. The summed E-state index contributed by atoms with van der Waals surface area (Å²) >= 11 is 0. The van der Waals surface area contributed by atoms with Crippen molar-refractivity contribution in [2.45, 2.75) is 19.8 Å². The van der Waals surface area contributed by atoms with Crippen molar-refractivity contribution in [3.8, 4) is 11.6 Å². The molecule has 7 nitrogen and oxygen atoms in total. The molecule has 0 aliphatic carbocycles. The number of ether oxygens (including phenoxy) is 3. The summed E-state index contributed by atoms with van der Waals surface area (Å²) in [5.74, 6) is -0.0114. The number of nitrogens with zero attached hydrogens (tertiary/aromatic N) is 1. The SMILES string of the molecule is CCOC(=O)C1=C(N)Oc2n[nH]c(C)c2[C@H]1c1ccccc1OC. The van der Waals surface area contributed by atoms with E-state index in [9.17, 15) is 4.79 Å². The Bertz CT molecular complexity index is 810. The van der Waals surface area contributed by atoms with Crippen LogP contribution in [0.3, 0.4) is 0 Å². The Balaban J connectivity index is 2.23. The molecule has 1 aromatic carbocycles. The number of benzene rings is 1. The van der Waals surface area contributed by atoms with Gasteiger partial charge in [0.25, 0.3) is 0 Å². The normalized spacial score (nSPS) is 16.4. The molecule has 3 rings (SSSR count). The number of aromatic amines is 1. The monoisotopic (exact) mass is 329 g/mol. The van der Waals surface area contributed by atoms with Gasteiger partial charge in [-0.1, -0.05) is 18.2 Å². The lowest BCUT2D eigenvalue weighted by Gasteiger charge is -2.27. The minimum absolute atomic E-state index is 0.0108. The number of methoxy groups -OCH3 is 1. The van der Waals surface area contributed by atoms with Gasteiger partial charge < -0.3 is 19.9 Å².